The summed E-state index contributed by atoms with van der Waals surface area (Å²) in [6.07, 6.45) is 0. The number of aromatic nitrogens is 2. The average Bonchev–Trinajstić information content (AvgIpc) is 2.79. The van der Waals surface area contributed by atoms with Crippen molar-refractivity contribution in [1.29, 1.82) is 0 Å². The van der Waals surface area contributed by atoms with Crippen LogP contribution in [0.1, 0.15) is 6.92 Å². The van der Waals surface area contributed by atoms with Crippen molar-refractivity contribution in [3.8, 4) is 17.1 Å². The normalized spacial score (nSPS) is 10.1. The fraction of sp³-hybridized carbons (Fsp3) is 0.273. The van der Waals surface area contributed by atoms with Gasteiger partial charge >= 0.3 is 6.01 Å². The Balaban J connectivity index is 2.38. The fourth-order valence-electron chi connectivity index (χ4n) is 1.37. The van der Waals surface area contributed by atoms with Gasteiger partial charge in [0.25, 0.3) is 0 Å². The zero-order chi connectivity index (χ0) is 11.4. The molecule has 5 heteroatoms. The molecule has 0 unspecified atom stereocenters. The van der Waals surface area contributed by atoms with Gasteiger partial charge in [-0.25, -0.2) is 0 Å². The summed E-state index contributed by atoms with van der Waals surface area (Å²) in [5, 5.41) is 6.66. The topological polar surface area (TPSA) is 60.2 Å². The summed E-state index contributed by atoms with van der Waals surface area (Å²) in [6.45, 7) is 2.54. The molecule has 84 valence electrons. The lowest BCUT2D eigenvalue weighted by Gasteiger charge is -2.05. The number of rotatable bonds is 4. The van der Waals surface area contributed by atoms with E-state index in [0.717, 1.165) is 11.3 Å². The second kappa shape index (κ2) is 4.65. The van der Waals surface area contributed by atoms with Crippen molar-refractivity contribution in [1.82, 2.24) is 10.1 Å². The molecule has 0 saturated carbocycles. The van der Waals surface area contributed by atoms with E-state index in [9.17, 15) is 0 Å². The van der Waals surface area contributed by atoms with Crippen molar-refractivity contribution in [3.05, 3.63) is 24.3 Å². The minimum Gasteiger partial charge on any atom is -0.493 e. The second-order valence-corrected chi connectivity index (χ2v) is 3.10. The van der Waals surface area contributed by atoms with Crippen LogP contribution in [0, 0.1) is 0 Å². The van der Waals surface area contributed by atoms with Gasteiger partial charge < -0.3 is 14.6 Å². The summed E-state index contributed by atoms with van der Waals surface area (Å²) >= 11 is 0. The van der Waals surface area contributed by atoms with Crippen molar-refractivity contribution in [2.75, 3.05) is 19.0 Å². The molecule has 0 aliphatic heterocycles. The fourth-order valence-corrected chi connectivity index (χ4v) is 1.37. The predicted octanol–water partition coefficient (Wildman–Crippen LogP) is 2.18. The van der Waals surface area contributed by atoms with Gasteiger partial charge in [0, 0.05) is 7.05 Å². The lowest BCUT2D eigenvalue weighted by atomic mass is 10.2. The van der Waals surface area contributed by atoms with Crippen LogP contribution in [0.25, 0.3) is 11.4 Å². The predicted molar refractivity (Wildman–Crippen MR) is 60.4 cm³/mol. The molecule has 0 atom stereocenters. The Hall–Kier alpha value is -2.04. The quantitative estimate of drug-likeness (QED) is 0.853. The summed E-state index contributed by atoms with van der Waals surface area (Å²) in [4.78, 5) is 4.17. The van der Waals surface area contributed by atoms with Crippen LogP contribution in [0.2, 0.25) is 0 Å². The number of anilines is 1. The lowest BCUT2D eigenvalue weighted by molar-refractivity contribution is 0.341. The summed E-state index contributed by atoms with van der Waals surface area (Å²) < 4.78 is 10.5. The molecule has 0 spiro atoms. The molecular weight excluding hydrogens is 206 g/mol. The first kappa shape index (κ1) is 10.5. The first-order chi connectivity index (χ1) is 7.85. The molecule has 1 aromatic carbocycles. The van der Waals surface area contributed by atoms with E-state index in [1.807, 2.05) is 31.2 Å². The molecule has 0 aliphatic rings. The Bertz CT molecular complexity index is 468. The first-order valence-electron chi connectivity index (χ1n) is 5.08. The van der Waals surface area contributed by atoms with Crippen LogP contribution >= 0.6 is 0 Å². The Morgan fingerprint density at radius 2 is 2.19 bits per heavy atom. The number of benzene rings is 1. The highest BCUT2D eigenvalue weighted by Crippen LogP contribution is 2.27. The maximum absolute atomic E-state index is 5.49. The van der Waals surface area contributed by atoms with Gasteiger partial charge in [-0.3, -0.25) is 0 Å². The number of nitrogens with zero attached hydrogens (tertiary/aromatic N) is 2. The average molecular weight is 219 g/mol. The summed E-state index contributed by atoms with van der Waals surface area (Å²) in [7, 11) is 1.73. The minimum atomic E-state index is 0.390. The van der Waals surface area contributed by atoms with Crippen LogP contribution in [-0.2, 0) is 0 Å². The van der Waals surface area contributed by atoms with Gasteiger partial charge in [-0.15, -0.1) is 0 Å². The third kappa shape index (κ3) is 1.98. The number of nitrogens with one attached hydrogen (secondary N) is 1. The van der Waals surface area contributed by atoms with Crippen LogP contribution in [0.15, 0.2) is 28.8 Å². The molecule has 2 aromatic rings. The van der Waals surface area contributed by atoms with E-state index in [1.54, 1.807) is 7.05 Å². The van der Waals surface area contributed by atoms with Gasteiger partial charge in [-0.05, 0) is 19.1 Å². The molecule has 0 amide bonds. The van der Waals surface area contributed by atoms with E-state index in [4.69, 9.17) is 9.26 Å². The lowest BCUT2D eigenvalue weighted by Crippen LogP contribution is -1.94. The van der Waals surface area contributed by atoms with E-state index in [1.165, 1.54) is 0 Å². The van der Waals surface area contributed by atoms with Gasteiger partial charge in [0.2, 0.25) is 5.82 Å². The molecule has 0 fully saturated rings. The number of hydrogen-bond acceptors (Lipinski definition) is 5. The summed E-state index contributed by atoms with van der Waals surface area (Å²) in [5.41, 5.74) is 0.828. The van der Waals surface area contributed by atoms with E-state index >= 15 is 0 Å². The van der Waals surface area contributed by atoms with E-state index in [0.29, 0.717) is 18.4 Å². The Labute approximate surface area is 93.4 Å². The van der Waals surface area contributed by atoms with E-state index in [2.05, 4.69) is 15.5 Å². The zero-order valence-electron chi connectivity index (χ0n) is 9.23. The second-order valence-electron chi connectivity index (χ2n) is 3.10. The standard InChI is InChI=1S/C11H13N3O2/c1-3-15-9-7-5-4-6-8(9)10-13-11(12-2)16-14-10/h4-7H,3H2,1-2H3,(H,12,13,14). The van der Waals surface area contributed by atoms with Crippen molar-refractivity contribution in [3.63, 3.8) is 0 Å². The van der Waals surface area contributed by atoms with Crippen LogP contribution in [0.5, 0.6) is 5.75 Å². The van der Waals surface area contributed by atoms with Crippen molar-refractivity contribution >= 4 is 6.01 Å². The molecule has 16 heavy (non-hydrogen) atoms. The highest BCUT2D eigenvalue weighted by molar-refractivity contribution is 5.64. The molecule has 1 aromatic heterocycles. The van der Waals surface area contributed by atoms with Crippen molar-refractivity contribution in [2.24, 2.45) is 0 Å². The smallest absolute Gasteiger partial charge is 0.321 e. The molecule has 0 bridgehead atoms. The third-order valence-corrected chi connectivity index (χ3v) is 2.07. The Kier molecular flexibility index (Phi) is 3.05. The van der Waals surface area contributed by atoms with Crippen LogP contribution < -0.4 is 10.1 Å². The Morgan fingerprint density at radius 3 is 2.88 bits per heavy atom. The third-order valence-electron chi connectivity index (χ3n) is 2.07. The van der Waals surface area contributed by atoms with Crippen molar-refractivity contribution < 1.29 is 9.26 Å². The van der Waals surface area contributed by atoms with Gasteiger partial charge in [0.15, 0.2) is 0 Å². The van der Waals surface area contributed by atoms with Gasteiger partial charge in [0.05, 0.1) is 12.2 Å². The zero-order valence-corrected chi connectivity index (χ0v) is 9.23. The highest BCUT2D eigenvalue weighted by atomic mass is 16.5. The maximum atomic E-state index is 5.49. The van der Waals surface area contributed by atoms with Gasteiger partial charge in [-0.2, -0.15) is 4.98 Å². The Morgan fingerprint density at radius 1 is 1.38 bits per heavy atom. The molecule has 5 nitrogen and oxygen atoms in total. The van der Waals surface area contributed by atoms with Crippen LogP contribution in [0.3, 0.4) is 0 Å². The molecule has 1 N–H and O–H groups in total. The highest BCUT2D eigenvalue weighted by Gasteiger charge is 2.11. The number of ether oxygens (including phenoxy) is 1. The van der Waals surface area contributed by atoms with Crippen molar-refractivity contribution in [2.45, 2.75) is 6.92 Å². The SMILES string of the molecule is CCOc1ccccc1-c1noc(NC)n1. The van der Waals surface area contributed by atoms with Crippen LogP contribution in [0.4, 0.5) is 6.01 Å². The molecular formula is C11H13N3O2. The molecule has 0 saturated heterocycles. The summed E-state index contributed by atoms with van der Waals surface area (Å²) in [6, 6.07) is 7.99. The monoisotopic (exact) mass is 219 g/mol. The van der Waals surface area contributed by atoms with Crippen LogP contribution in [-0.4, -0.2) is 23.8 Å². The maximum Gasteiger partial charge on any atom is 0.321 e. The summed E-state index contributed by atoms with van der Waals surface area (Å²) in [5.74, 6) is 1.28. The van der Waals surface area contributed by atoms with E-state index < -0.39 is 0 Å². The molecule has 0 radical (unpaired) electrons. The van der Waals surface area contributed by atoms with E-state index in [-0.39, 0.29) is 0 Å². The van der Waals surface area contributed by atoms with Gasteiger partial charge in [0.1, 0.15) is 5.75 Å². The number of para-hydroxylation sites is 1. The first-order valence-corrected chi connectivity index (χ1v) is 5.08. The largest absolute Gasteiger partial charge is 0.493 e. The minimum absolute atomic E-state index is 0.390. The molecule has 0 aliphatic carbocycles. The number of hydrogen-bond donors (Lipinski definition) is 1. The molecule has 2 rings (SSSR count). The molecule has 1 heterocycles. The van der Waals surface area contributed by atoms with Gasteiger partial charge in [-0.1, -0.05) is 17.3 Å².